The number of hydrogen-bond acceptors (Lipinski definition) is 3. The molecule has 0 aliphatic rings. The molecule has 0 aromatic heterocycles. The van der Waals surface area contributed by atoms with Gasteiger partial charge in [-0.05, 0) is 43.0 Å². The summed E-state index contributed by atoms with van der Waals surface area (Å²) in [7, 11) is 3.29. The van der Waals surface area contributed by atoms with Gasteiger partial charge in [-0.1, -0.05) is 12.6 Å². The van der Waals surface area contributed by atoms with E-state index in [-0.39, 0.29) is 5.24 Å². The molecule has 1 aromatic carbocycles. The van der Waals surface area contributed by atoms with Gasteiger partial charge in [-0.2, -0.15) is 0 Å². The second-order valence-electron chi connectivity index (χ2n) is 4.00. The van der Waals surface area contributed by atoms with E-state index in [4.69, 9.17) is 9.47 Å². The second kappa shape index (κ2) is 6.54. The fourth-order valence-electron chi connectivity index (χ4n) is 1.91. The molecule has 0 aliphatic heterocycles. The van der Waals surface area contributed by atoms with Gasteiger partial charge >= 0.3 is 0 Å². The van der Waals surface area contributed by atoms with Crippen molar-refractivity contribution in [2.75, 3.05) is 20.8 Å². The third-order valence-electron chi connectivity index (χ3n) is 2.96. The van der Waals surface area contributed by atoms with Crippen molar-refractivity contribution in [1.82, 2.24) is 5.32 Å². The highest BCUT2D eigenvalue weighted by atomic mass is 32.1. The van der Waals surface area contributed by atoms with Crippen molar-refractivity contribution >= 4 is 17.9 Å². The summed E-state index contributed by atoms with van der Waals surface area (Å²) in [5.41, 5.74) is 3.14. The summed E-state index contributed by atoms with van der Waals surface area (Å²) in [4.78, 5) is 10.7. The maximum atomic E-state index is 10.7. The Labute approximate surface area is 113 Å². The van der Waals surface area contributed by atoms with E-state index in [1.165, 1.54) is 0 Å². The molecule has 18 heavy (non-hydrogen) atoms. The van der Waals surface area contributed by atoms with Gasteiger partial charge in [-0.3, -0.25) is 4.79 Å². The second-order valence-corrected chi connectivity index (χ2v) is 4.41. The van der Waals surface area contributed by atoms with Gasteiger partial charge in [-0.15, -0.1) is 0 Å². The molecule has 0 fully saturated rings. The Morgan fingerprint density at radius 2 is 1.94 bits per heavy atom. The van der Waals surface area contributed by atoms with Crippen LogP contribution in [0.5, 0.6) is 11.5 Å². The number of carbonyl (C=O) groups excluding carboxylic acids is 1. The molecule has 0 saturated heterocycles. The van der Waals surface area contributed by atoms with Gasteiger partial charge in [0.15, 0.2) is 0 Å². The minimum absolute atomic E-state index is 0.329. The smallest absolute Gasteiger partial charge is 0.275 e. The molecule has 4 nitrogen and oxygen atoms in total. The molecule has 0 spiro atoms. The molecule has 5 heteroatoms. The lowest BCUT2D eigenvalue weighted by atomic mass is 10.0. The van der Waals surface area contributed by atoms with Crippen LogP contribution in [0, 0.1) is 13.8 Å². The summed E-state index contributed by atoms with van der Waals surface area (Å²) in [6, 6.07) is 1.95. The van der Waals surface area contributed by atoms with Crippen LogP contribution in [0.4, 0.5) is 4.79 Å². The van der Waals surface area contributed by atoms with Crippen molar-refractivity contribution in [3.8, 4) is 11.5 Å². The van der Waals surface area contributed by atoms with Crippen LogP contribution in [0.15, 0.2) is 6.07 Å². The topological polar surface area (TPSA) is 47.6 Å². The van der Waals surface area contributed by atoms with Crippen molar-refractivity contribution in [1.29, 1.82) is 0 Å². The van der Waals surface area contributed by atoms with Crippen molar-refractivity contribution < 1.29 is 14.3 Å². The van der Waals surface area contributed by atoms with E-state index < -0.39 is 0 Å². The summed E-state index contributed by atoms with van der Waals surface area (Å²) >= 11 is 3.66. The first kappa shape index (κ1) is 14.7. The number of benzene rings is 1. The van der Waals surface area contributed by atoms with Crippen LogP contribution >= 0.6 is 12.6 Å². The quantitative estimate of drug-likeness (QED) is 0.807. The number of nitrogens with one attached hydrogen (secondary N) is 1. The molecular weight excluding hydrogens is 250 g/mol. The number of methoxy groups -OCH3 is 2. The number of hydrogen-bond donors (Lipinski definition) is 2. The average molecular weight is 269 g/mol. The highest BCUT2D eigenvalue weighted by Crippen LogP contribution is 2.33. The summed E-state index contributed by atoms with van der Waals surface area (Å²) in [5, 5.41) is 2.32. The lowest BCUT2D eigenvalue weighted by molar-refractivity contribution is 0.261. The molecule has 0 aliphatic carbocycles. The number of rotatable bonds is 5. The highest BCUT2D eigenvalue weighted by molar-refractivity contribution is 7.96. The highest BCUT2D eigenvalue weighted by Gasteiger charge is 2.13. The molecule has 1 aromatic rings. The largest absolute Gasteiger partial charge is 0.496 e. The monoisotopic (exact) mass is 269 g/mol. The van der Waals surface area contributed by atoms with Crippen LogP contribution < -0.4 is 14.8 Å². The number of ether oxygens (including phenoxy) is 2. The maximum Gasteiger partial charge on any atom is 0.275 e. The van der Waals surface area contributed by atoms with E-state index in [0.717, 1.165) is 28.2 Å². The molecule has 1 N–H and O–H groups in total. The Morgan fingerprint density at radius 1 is 1.28 bits per heavy atom. The first-order valence-corrected chi connectivity index (χ1v) is 6.13. The fraction of sp³-hybridized carbons (Fsp3) is 0.462. The molecule has 0 unspecified atom stereocenters. The van der Waals surface area contributed by atoms with Gasteiger partial charge in [-0.25, -0.2) is 0 Å². The summed E-state index contributed by atoms with van der Waals surface area (Å²) in [6.07, 6.45) is 0.674. The molecule has 1 amide bonds. The van der Waals surface area contributed by atoms with Crippen LogP contribution in [-0.2, 0) is 6.42 Å². The van der Waals surface area contributed by atoms with E-state index >= 15 is 0 Å². The fourth-order valence-corrected chi connectivity index (χ4v) is 2.03. The van der Waals surface area contributed by atoms with Crippen LogP contribution in [-0.4, -0.2) is 26.0 Å². The van der Waals surface area contributed by atoms with Gasteiger partial charge in [0, 0.05) is 6.54 Å². The Morgan fingerprint density at radius 3 is 2.44 bits per heavy atom. The van der Waals surface area contributed by atoms with E-state index in [0.29, 0.717) is 13.0 Å². The van der Waals surface area contributed by atoms with E-state index in [2.05, 4.69) is 17.9 Å². The third kappa shape index (κ3) is 3.32. The average Bonchev–Trinajstić information content (AvgIpc) is 2.33. The Balaban J connectivity index is 3.01. The van der Waals surface area contributed by atoms with Crippen molar-refractivity contribution in [2.24, 2.45) is 0 Å². The Hall–Kier alpha value is -1.36. The number of amides is 1. The molecule has 0 atom stereocenters. The molecule has 0 radical (unpaired) electrons. The van der Waals surface area contributed by atoms with Crippen molar-refractivity contribution in [3.05, 3.63) is 22.8 Å². The first-order chi connectivity index (χ1) is 8.51. The zero-order valence-electron chi connectivity index (χ0n) is 11.2. The SMILES string of the molecule is COc1cc(CCNC(=O)S)c(OC)c(C)c1C. The molecular formula is C13H19NO3S. The van der Waals surface area contributed by atoms with E-state index in [1.54, 1.807) is 14.2 Å². The lowest BCUT2D eigenvalue weighted by Gasteiger charge is -2.16. The summed E-state index contributed by atoms with van der Waals surface area (Å²) in [5.74, 6) is 1.68. The van der Waals surface area contributed by atoms with Gasteiger partial charge in [0.25, 0.3) is 5.24 Å². The van der Waals surface area contributed by atoms with Gasteiger partial charge in [0.2, 0.25) is 0 Å². The molecule has 0 bridgehead atoms. The van der Waals surface area contributed by atoms with Crippen LogP contribution in [0.1, 0.15) is 16.7 Å². The molecule has 0 heterocycles. The number of carbonyl (C=O) groups is 1. The molecule has 100 valence electrons. The van der Waals surface area contributed by atoms with Gasteiger partial charge in [0.1, 0.15) is 11.5 Å². The predicted molar refractivity (Wildman–Crippen MR) is 75.1 cm³/mol. The predicted octanol–water partition coefficient (Wildman–Crippen LogP) is 2.50. The summed E-state index contributed by atoms with van der Waals surface area (Å²) < 4.78 is 10.8. The minimum atomic E-state index is -0.329. The van der Waals surface area contributed by atoms with Crippen LogP contribution in [0.25, 0.3) is 0 Å². The van der Waals surface area contributed by atoms with E-state index in [9.17, 15) is 4.79 Å². The van der Waals surface area contributed by atoms with Crippen LogP contribution in [0.3, 0.4) is 0 Å². The zero-order valence-corrected chi connectivity index (χ0v) is 12.1. The molecule has 1 rings (SSSR count). The Kier molecular flexibility index (Phi) is 5.34. The normalized spacial score (nSPS) is 10.1. The maximum absolute atomic E-state index is 10.7. The minimum Gasteiger partial charge on any atom is -0.496 e. The standard InChI is InChI=1S/C13H19NO3S/c1-8-9(2)12(17-4)10(7-11(8)16-3)5-6-14-13(15)18/h7H,5-6H2,1-4H3,(H2,14,15,18). The third-order valence-corrected chi connectivity index (χ3v) is 3.12. The summed E-state index contributed by atoms with van der Waals surface area (Å²) in [6.45, 7) is 4.51. The zero-order chi connectivity index (χ0) is 13.7. The van der Waals surface area contributed by atoms with Gasteiger partial charge in [0.05, 0.1) is 14.2 Å². The van der Waals surface area contributed by atoms with E-state index in [1.807, 2.05) is 19.9 Å². The van der Waals surface area contributed by atoms with Crippen molar-refractivity contribution in [3.63, 3.8) is 0 Å². The van der Waals surface area contributed by atoms with Crippen LogP contribution in [0.2, 0.25) is 0 Å². The van der Waals surface area contributed by atoms with Gasteiger partial charge < -0.3 is 14.8 Å². The molecule has 0 saturated carbocycles. The van der Waals surface area contributed by atoms with Crippen molar-refractivity contribution in [2.45, 2.75) is 20.3 Å². The Bertz CT molecular complexity index is 446. The first-order valence-electron chi connectivity index (χ1n) is 5.69. The number of thiol groups is 1. The lowest BCUT2D eigenvalue weighted by Crippen LogP contribution is -2.19.